The summed E-state index contributed by atoms with van der Waals surface area (Å²) in [6.07, 6.45) is 5.66. The summed E-state index contributed by atoms with van der Waals surface area (Å²) in [6.45, 7) is 7.07. The van der Waals surface area contributed by atoms with Crippen molar-refractivity contribution in [1.82, 2.24) is 20.2 Å². The molecule has 3 aromatic heterocycles. The van der Waals surface area contributed by atoms with Gasteiger partial charge in [0.2, 0.25) is 0 Å². The summed E-state index contributed by atoms with van der Waals surface area (Å²) in [4.78, 5) is 11.5. The molecular formula is C29H26N6O. The lowest BCUT2D eigenvalue weighted by atomic mass is 9.86. The Kier molecular flexibility index (Phi) is 5.39. The molecule has 0 unspecified atom stereocenters. The van der Waals surface area contributed by atoms with Gasteiger partial charge in [0.25, 0.3) is 0 Å². The zero-order valence-corrected chi connectivity index (χ0v) is 20.3. The molecule has 0 aliphatic carbocycles. The van der Waals surface area contributed by atoms with E-state index in [4.69, 9.17) is 4.74 Å². The highest BCUT2D eigenvalue weighted by molar-refractivity contribution is 6.11. The Balaban J connectivity index is 1.45. The van der Waals surface area contributed by atoms with Crippen molar-refractivity contribution in [2.45, 2.75) is 19.3 Å². The zero-order chi connectivity index (χ0) is 24.7. The maximum absolute atomic E-state index is 9.48. The van der Waals surface area contributed by atoms with Crippen LogP contribution in [0.2, 0.25) is 0 Å². The second kappa shape index (κ2) is 8.74. The molecule has 0 amide bonds. The first-order chi connectivity index (χ1) is 17.5. The molecule has 0 bridgehead atoms. The van der Waals surface area contributed by atoms with Gasteiger partial charge in [-0.15, -0.1) is 0 Å². The van der Waals surface area contributed by atoms with Crippen LogP contribution in [0.1, 0.15) is 19.4 Å². The van der Waals surface area contributed by atoms with Gasteiger partial charge in [-0.2, -0.15) is 10.4 Å². The average molecular weight is 475 g/mol. The van der Waals surface area contributed by atoms with E-state index in [0.29, 0.717) is 0 Å². The van der Waals surface area contributed by atoms with Crippen LogP contribution < -0.4 is 4.90 Å². The van der Waals surface area contributed by atoms with Crippen LogP contribution in [0.4, 0.5) is 5.69 Å². The van der Waals surface area contributed by atoms with E-state index < -0.39 is 5.41 Å². The molecule has 6 rings (SSSR count). The molecule has 178 valence electrons. The molecule has 1 fully saturated rings. The monoisotopic (exact) mass is 474 g/mol. The average Bonchev–Trinajstić information content (AvgIpc) is 3.38. The molecule has 0 atom stereocenters. The second-order valence-electron chi connectivity index (χ2n) is 9.70. The highest BCUT2D eigenvalue weighted by Gasteiger charge is 2.20. The Morgan fingerprint density at radius 3 is 2.50 bits per heavy atom. The highest BCUT2D eigenvalue weighted by Crippen LogP contribution is 2.35. The lowest BCUT2D eigenvalue weighted by molar-refractivity contribution is 0.122. The predicted molar refractivity (Wildman–Crippen MR) is 142 cm³/mol. The van der Waals surface area contributed by atoms with Crippen LogP contribution in [-0.2, 0) is 10.2 Å². The quantitative estimate of drug-likeness (QED) is 0.371. The number of nitriles is 1. The Morgan fingerprint density at radius 1 is 0.944 bits per heavy atom. The number of morpholine rings is 1. The third kappa shape index (κ3) is 3.86. The maximum Gasteiger partial charge on any atom is 0.101 e. The maximum atomic E-state index is 9.48. The van der Waals surface area contributed by atoms with Crippen LogP contribution in [0.3, 0.4) is 0 Å². The van der Waals surface area contributed by atoms with Crippen LogP contribution in [0.25, 0.3) is 44.2 Å². The number of aromatic amines is 1. The molecule has 0 radical (unpaired) electrons. The first kappa shape index (κ1) is 22.2. The first-order valence-corrected chi connectivity index (χ1v) is 12.1. The van der Waals surface area contributed by atoms with Crippen molar-refractivity contribution < 1.29 is 4.74 Å². The number of benzene rings is 2. The highest BCUT2D eigenvalue weighted by atomic mass is 16.5. The van der Waals surface area contributed by atoms with Crippen molar-refractivity contribution in [2.24, 2.45) is 0 Å². The van der Waals surface area contributed by atoms with Crippen molar-refractivity contribution >= 4 is 27.5 Å². The normalized spacial score (nSPS) is 14.3. The summed E-state index contributed by atoms with van der Waals surface area (Å²) in [5.74, 6) is 0. The number of nitrogens with zero attached hydrogens (tertiary/aromatic N) is 5. The van der Waals surface area contributed by atoms with Crippen molar-refractivity contribution in [3.05, 3.63) is 72.7 Å². The molecule has 1 aliphatic rings. The standard InChI is InChI=1S/C29H26N6O/c1-29(2,18-30)22-6-3-19(4-7-22)28-27-24-14-20(5-8-25(24)32-17-26(27)33-34-28)21-13-23(16-31-15-21)35-9-11-36-12-10-35/h3-8,13-17H,9-12H2,1-2H3,(H,33,34). The number of rotatable bonds is 4. The van der Waals surface area contributed by atoms with E-state index in [1.54, 1.807) is 0 Å². The van der Waals surface area contributed by atoms with Crippen molar-refractivity contribution in [3.63, 3.8) is 0 Å². The predicted octanol–water partition coefficient (Wildman–Crippen LogP) is 5.48. The van der Waals surface area contributed by atoms with Gasteiger partial charge in [0.1, 0.15) is 5.69 Å². The summed E-state index contributed by atoms with van der Waals surface area (Å²) in [6, 6.07) is 19.0. The van der Waals surface area contributed by atoms with Gasteiger partial charge < -0.3 is 9.64 Å². The molecule has 5 aromatic rings. The van der Waals surface area contributed by atoms with Crippen molar-refractivity contribution in [3.8, 4) is 28.5 Å². The number of H-pyrrole nitrogens is 1. The molecule has 4 heterocycles. The summed E-state index contributed by atoms with van der Waals surface area (Å²) < 4.78 is 5.50. The minimum Gasteiger partial charge on any atom is -0.378 e. The van der Waals surface area contributed by atoms with Crippen LogP contribution in [-0.4, -0.2) is 46.5 Å². The Morgan fingerprint density at radius 2 is 1.72 bits per heavy atom. The fourth-order valence-corrected chi connectivity index (χ4v) is 4.78. The number of fused-ring (bicyclic) bond motifs is 3. The number of ether oxygens (including phenoxy) is 1. The summed E-state index contributed by atoms with van der Waals surface area (Å²) >= 11 is 0. The van der Waals surface area contributed by atoms with E-state index in [2.05, 4.69) is 55.4 Å². The topological polar surface area (TPSA) is 90.7 Å². The second-order valence-corrected chi connectivity index (χ2v) is 9.70. The first-order valence-electron chi connectivity index (χ1n) is 12.1. The van der Waals surface area contributed by atoms with E-state index in [1.165, 1.54) is 0 Å². The number of hydrogen-bond donors (Lipinski definition) is 1. The van der Waals surface area contributed by atoms with Gasteiger partial charge in [-0.3, -0.25) is 15.1 Å². The molecule has 0 saturated carbocycles. The fraction of sp³-hybridized carbons (Fsp3) is 0.241. The van der Waals surface area contributed by atoms with E-state index >= 15 is 0 Å². The largest absolute Gasteiger partial charge is 0.378 e. The van der Waals surface area contributed by atoms with Crippen molar-refractivity contribution in [2.75, 3.05) is 31.2 Å². The van der Waals surface area contributed by atoms with Crippen LogP contribution in [0.15, 0.2) is 67.1 Å². The molecule has 7 nitrogen and oxygen atoms in total. The Bertz CT molecular complexity index is 1610. The smallest absolute Gasteiger partial charge is 0.101 e. The molecule has 1 aliphatic heterocycles. The van der Waals surface area contributed by atoms with Gasteiger partial charge in [-0.25, -0.2) is 0 Å². The third-order valence-corrected chi connectivity index (χ3v) is 6.99. The van der Waals surface area contributed by atoms with Gasteiger partial charge in [-0.1, -0.05) is 30.3 Å². The van der Waals surface area contributed by atoms with Crippen molar-refractivity contribution in [1.29, 1.82) is 5.26 Å². The Labute approximate surface area is 209 Å². The number of nitrogens with one attached hydrogen (secondary N) is 1. The fourth-order valence-electron chi connectivity index (χ4n) is 4.78. The lowest BCUT2D eigenvalue weighted by Crippen LogP contribution is -2.36. The third-order valence-electron chi connectivity index (χ3n) is 6.99. The van der Waals surface area contributed by atoms with E-state index in [0.717, 1.165) is 81.7 Å². The number of anilines is 1. The number of aromatic nitrogens is 4. The molecule has 1 saturated heterocycles. The molecule has 0 spiro atoms. The number of hydrogen-bond acceptors (Lipinski definition) is 6. The summed E-state index contributed by atoms with van der Waals surface area (Å²) in [7, 11) is 0. The van der Waals surface area contributed by atoms with Crippen LogP contribution in [0, 0.1) is 11.3 Å². The molecule has 2 aromatic carbocycles. The van der Waals surface area contributed by atoms with E-state index in [1.807, 2.05) is 56.7 Å². The van der Waals surface area contributed by atoms with E-state index in [-0.39, 0.29) is 0 Å². The molecule has 36 heavy (non-hydrogen) atoms. The SMILES string of the molecule is CC(C)(C#N)c1ccc(-c2n[nH]c3cnc4ccc(-c5cncc(N6CCOCC6)c5)cc4c23)cc1. The van der Waals surface area contributed by atoms with Gasteiger partial charge in [0.05, 0.1) is 53.8 Å². The van der Waals surface area contributed by atoms with Gasteiger partial charge in [-0.05, 0) is 43.2 Å². The molecule has 1 N–H and O–H groups in total. The van der Waals surface area contributed by atoms with Crippen LogP contribution in [0.5, 0.6) is 0 Å². The molecular weight excluding hydrogens is 448 g/mol. The summed E-state index contributed by atoms with van der Waals surface area (Å²) in [5.41, 5.74) is 7.35. The van der Waals surface area contributed by atoms with Gasteiger partial charge in [0, 0.05) is 41.2 Å². The zero-order valence-electron chi connectivity index (χ0n) is 20.3. The minimum atomic E-state index is -0.540. The number of pyridine rings is 2. The minimum absolute atomic E-state index is 0.540. The summed E-state index contributed by atoms with van der Waals surface area (Å²) in [5, 5.41) is 19.3. The Hall–Kier alpha value is -4.28. The van der Waals surface area contributed by atoms with Gasteiger partial charge >= 0.3 is 0 Å². The van der Waals surface area contributed by atoms with E-state index in [9.17, 15) is 5.26 Å². The lowest BCUT2D eigenvalue weighted by Gasteiger charge is -2.28. The van der Waals surface area contributed by atoms with Gasteiger partial charge in [0.15, 0.2) is 0 Å². The van der Waals surface area contributed by atoms with Crippen LogP contribution >= 0.6 is 0 Å². The molecule has 7 heteroatoms.